The van der Waals surface area contributed by atoms with Crippen LogP contribution in [-0.4, -0.2) is 37.4 Å². The Bertz CT molecular complexity index is 582. The second-order valence-corrected chi connectivity index (χ2v) is 6.42. The summed E-state index contributed by atoms with van der Waals surface area (Å²) < 4.78 is 39.8. The van der Waals surface area contributed by atoms with Crippen LogP contribution in [0.3, 0.4) is 0 Å². The highest BCUT2D eigenvalue weighted by molar-refractivity contribution is 7.89. The van der Waals surface area contributed by atoms with Gasteiger partial charge in [-0.3, -0.25) is 0 Å². The molecule has 20 heavy (non-hydrogen) atoms. The fraction of sp³-hybridized carbons (Fsp3) is 0.455. The van der Waals surface area contributed by atoms with Crippen molar-refractivity contribution in [3.63, 3.8) is 0 Å². The Morgan fingerprint density at radius 2 is 1.95 bits per heavy atom. The highest BCUT2D eigenvalue weighted by Gasteiger charge is 2.33. The molecular formula is C11H16ClFN2O4S. The van der Waals surface area contributed by atoms with E-state index in [2.05, 4.69) is 4.72 Å². The minimum Gasteiger partial charge on any atom is -0.396 e. The molecule has 0 aliphatic rings. The number of aliphatic hydroxyl groups excluding tert-OH is 2. The summed E-state index contributed by atoms with van der Waals surface area (Å²) in [4.78, 5) is -0.419. The first-order chi connectivity index (χ1) is 9.21. The van der Waals surface area contributed by atoms with Crippen LogP contribution in [0.25, 0.3) is 0 Å². The molecule has 0 aliphatic carbocycles. The van der Waals surface area contributed by atoms with Crippen molar-refractivity contribution in [2.75, 3.05) is 18.9 Å². The second kappa shape index (κ2) is 6.23. The Morgan fingerprint density at radius 1 is 1.40 bits per heavy atom. The summed E-state index contributed by atoms with van der Waals surface area (Å²) >= 11 is 5.70. The molecule has 0 aromatic heterocycles. The first kappa shape index (κ1) is 17.1. The molecule has 0 unspecified atom stereocenters. The zero-order valence-corrected chi connectivity index (χ0v) is 12.3. The van der Waals surface area contributed by atoms with E-state index in [1.807, 2.05) is 0 Å². The van der Waals surface area contributed by atoms with Crippen LogP contribution >= 0.6 is 11.6 Å². The number of nitrogens with two attached hydrogens (primary N) is 1. The summed E-state index contributed by atoms with van der Waals surface area (Å²) in [5.41, 5.74) is 3.53. The number of nitrogens with one attached hydrogen (secondary N) is 1. The monoisotopic (exact) mass is 326 g/mol. The van der Waals surface area contributed by atoms with Gasteiger partial charge >= 0.3 is 0 Å². The van der Waals surface area contributed by atoms with Gasteiger partial charge in [-0.25, -0.2) is 17.5 Å². The summed E-state index contributed by atoms with van der Waals surface area (Å²) in [6.07, 6.45) is 0.146. The zero-order valence-electron chi connectivity index (χ0n) is 10.7. The minimum absolute atomic E-state index is 0.146. The standard InChI is InChI=1S/C11H16ClFN2O4S/c1-2-11(5-16,6-17)15-20(18,19)10-4-9(14)8(13)3-7(10)12/h3-4,15-17H,2,5-6,14H2,1H3. The SMILES string of the molecule is CCC(CO)(CO)NS(=O)(=O)c1cc(N)c(F)cc1Cl. The lowest BCUT2D eigenvalue weighted by Crippen LogP contribution is -2.53. The molecule has 0 heterocycles. The molecule has 0 radical (unpaired) electrons. The van der Waals surface area contributed by atoms with Crippen LogP contribution in [0.1, 0.15) is 13.3 Å². The number of rotatable bonds is 6. The normalized spacial score (nSPS) is 12.7. The van der Waals surface area contributed by atoms with E-state index in [1.54, 1.807) is 6.92 Å². The van der Waals surface area contributed by atoms with E-state index in [1.165, 1.54) is 0 Å². The number of benzene rings is 1. The fourth-order valence-electron chi connectivity index (χ4n) is 1.50. The van der Waals surface area contributed by atoms with Gasteiger partial charge in [-0.1, -0.05) is 18.5 Å². The van der Waals surface area contributed by atoms with Crippen molar-refractivity contribution in [3.8, 4) is 0 Å². The molecule has 1 aromatic carbocycles. The van der Waals surface area contributed by atoms with Gasteiger partial charge in [0.05, 0.1) is 29.5 Å². The minimum atomic E-state index is -4.17. The molecule has 0 bridgehead atoms. The lowest BCUT2D eigenvalue weighted by Gasteiger charge is -2.29. The lowest BCUT2D eigenvalue weighted by molar-refractivity contribution is 0.105. The van der Waals surface area contributed by atoms with Gasteiger partial charge in [0, 0.05) is 0 Å². The van der Waals surface area contributed by atoms with E-state index >= 15 is 0 Å². The molecule has 1 rings (SSSR count). The average molecular weight is 327 g/mol. The lowest BCUT2D eigenvalue weighted by atomic mass is 10.0. The van der Waals surface area contributed by atoms with Crippen LogP contribution in [0, 0.1) is 5.82 Å². The van der Waals surface area contributed by atoms with Gasteiger partial charge in [0.25, 0.3) is 0 Å². The second-order valence-electron chi connectivity index (χ2n) is 4.36. The smallest absolute Gasteiger partial charge is 0.242 e. The zero-order chi connectivity index (χ0) is 15.6. The van der Waals surface area contributed by atoms with Crippen LogP contribution < -0.4 is 10.5 Å². The van der Waals surface area contributed by atoms with Crippen molar-refractivity contribution >= 4 is 27.3 Å². The molecule has 0 spiro atoms. The highest BCUT2D eigenvalue weighted by atomic mass is 35.5. The Balaban J connectivity index is 3.28. The van der Waals surface area contributed by atoms with E-state index in [0.717, 1.165) is 12.1 Å². The fourth-order valence-corrected chi connectivity index (χ4v) is 3.51. The van der Waals surface area contributed by atoms with Gasteiger partial charge in [-0.15, -0.1) is 0 Å². The van der Waals surface area contributed by atoms with E-state index in [-0.39, 0.29) is 17.1 Å². The first-order valence-electron chi connectivity index (χ1n) is 5.71. The molecule has 0 aliphatic heterocycles. The Morgan fingerprint density at radius 3 is 2.40 bits per heavy atom. The summed E-state index contributed by atoms with van der Waals surface area (Å²) in [5.74, 6) is -0.833. The summed E-state index contributed by atoms with van der Waals surface area (Å²) in [6.45, 7) is 0.386. The number of sulfonamides is 1. The van der Waals surface area contributed by atoms with E-state index in [4.69, 9.17) is 17.3 Å². The largest absolute Gasteiger partial charge is 0.396 e. The summed E-state index contributed by atoms with van der Waals surface area (Å²) in [6, 6.07) is 1.67. The molecular weight excluding hydrogens is 311 g/mol. The molecule has 1 aromatic rings. The Hall–Kier alpha value is -0.930. The molecule has 0 fully saturated rings. The van der Waals surface area contributed by atoms with Gasteiger partial charge in [0.15, 0.2) is 0 Å². The quantitative estimate of drug-likeness (QED) is 0.568. The van der Waals surface area contributed by atoms with Gasteiger partial charge in [-0.2, -0.15) is 0 Å². The number of nitrogen functional groups attached to an aromatic ring is 1. The topological polar surface area (TPSA) is 113 Å². The average Bonchev–Trinajstić information content (AvgIpc) is 2.40. The Labute approximate surface area is 121 Å². The molecule has 9 heteroatoms. The van der Waals surface area contributed by atoms with Gasteiger partial charge in [-0.05, 0) is 18.6 Å². The number of hydrogen-bond acceptors (Lipinski definition) is 5. The number of halogens is 2. The summed E-state index contributed by atoms with van der Waals surface area (Å²) in [7, 11) is -4.17. The van der Waals surface area contributed by atoms with E-state index < -0.39 is 39.5 Å². The molecule has 5 N–H and O–H groups in total. The maximum absolute atomic E-state index is 13.2. The predicted molar refractivity (Wildman–Crippen MR) is 73.3 cm³/mol. The third kappa shape index (κ3) is 3.39. The van der Waals surface area contributed by atoms with Crippen molar-refractivity contribution in [2.45, 2.75) is 23.8 Å². The summed E-state index contributed by atoms with van der Waals surface area (Å²) in [5, 5.41) is 18.2. The van der Waals surface area contributed by atoms with Gasteiger partial charge < -0.3 is 15.9 Å². The molecule has 0 atom stereocenters. The molecule has 0 saturated heterocycles. The number of anilines is 1. The van der Waals surface area contributed by atoms with Gasteiger partial charge in [0.2, 0.25) is 10.0 Å². The predicted octanol–water partition coefficient (Wildman–Crippen LogP) is 0.473. The Kier molecular flexibility index (Phi) is 5.33. The van der Waals surface area contributed by atoms with E-state index in [9.17, 15) is 23.0 Å². The number of hydrogen-bond donors (Lipinski definition) is 4. The van der Waals surface area contributed by atoms with Crippen molar-refractivity contribution < 1.29 is 23.0 Å². The molecule has 0 saturated carbocycles. The van der Waals surface area contributed by atoms with Crippen molar-refractivity contribution in [3.05, 3.63) is 23.0 Å². The third-order valence-electron chi connectivity index (χ3n) is 2.97. The van der Waals surface area contributed by atoms with E-state index in [0.29, 0.717) is 0 Å². The maximum atomic E-state index is 13.2. The maximum Gasteiger partial charge on any atom is 0.242 e. The molecule has 0 amide bonds. The van der Waals surface area contributed by atoms with Crippen molar-refractivity contribution in [1.82, 2.24) is 4.72 Å². The van der Waals surface area contributed by atoms with Crippen LogP contribution in [0.15, 0.2) is 17.0 Å². The number of aliphatic hydroxyl groups is 2. The first-order valence-corrected chi connectivity index (χ1v) is 7.57. The van der Waals surface area contributed by atoms with Crippen molar-refractivity contribution in [2.24, 2.45) is 0 Å². The highest BCUT2D eigenvalue weighted by Crippen LogP contribution is 2.27. The third-order valence-corrected chi connectivity index (χ3v) is 5.02. The van der Waals surface area contributed by atoms with Crippen molar-refractivity contribution in [1.29, 1.82) is 0 Å². The van der Waals surface area contributed by atoms with Crippen LogP contribution in [-0.2, 0) is 10.0 Å². The molecule has 6 nitrogen and oxygen atoms in total. The van der Waals surface area contributed by atoms with Crippen LogP contribution in [0.2, 0.25) is 5.02 Å². The van der Waals surface area contributed by atoms with Crippen LogP contribution in [0.4, 0.5) is 10.1 Å². The molecule has 114 valence electrons. The van der Waals surface area contributed by atoms with Crippen LogP contribution in [0.5, 0.6) is 0 Å². The van der Waals surface area contributed by atoms with Gasteiger partial charge in [0.1, 0.15) is 10.7 Å².